The molecule has 3 fully saturated rings. The first-order valence-corrected chi connectivity index (χ1v) is 13.1. The average molecular weight is 543 g/mol. The van der Waals surface area contributed by atoms with Crippen LogP contribution in [0.3, 0.4) is 0 Å². The van der Waals surface area contributed by atoms with Crippen LogP contribution in [0.15, 0.2) is 23.5 Å². The first kappa shape index (κ1) is 28.9. The van der Waals surface area contributed by atoms with E-state index in [4.69, 9.17) is 23.7 Å². The van der Waals surface area contributed by atoms with Crippen LogP contribution >= 0.6 is 0 Å². The van der Waals surface area contributed by atoms with Crippen LogP contribution in [0.4, 0.5) is 0 Å². The molecule has 12 heteroatoms. The summed E-state index contributed by atoms with van der Waals surface area (Å²) in [7, 11) is 0. The van der Waals surface area contributed by atoms with Crippen LogP contribution in [0.5, 0.6) is 0 Å². The quantitative estimate of drug-likeness (QED) is 0.225. The monoisotopic (exact) mass is 542 g/mol. The van der Waals surface area contributed by atoms with Gasteiger partial charge in [0.2, 0.25) is 6.29 Å². The van der Waals surface area contributed by atoms with Gasteiger partial charge in [-0.15, -0.1) is 0 Å². The molecule has 0 aromatic carbocycles. The smallest absolute Gasteiger partial charge is 0.337 e. The minimum Gasteiger partial charge on any atom is -0.468 e. The third-order valence-electron chi connectivity index (χ3n) is 8.27. The van der Waals surface area contributed by atoms with Gasteiger partial charge in [-0.2, -0.15) is 0 Å². The molecule has 12 nitrogen and oxygen atoms in total. The first-order chi connectivity index (χ1) is 18.1. The van der Waals surface area contributed by atoms with Crippen LogP contribution in [0, 0.1) is 29.6 Å². The zero-order valence-corrected chi connectivity index (χ0v) is 21.7. The number of carbonyl (C=O) groups is 2. The van der Waals surface area contributed by atoms with Gasteiger partial charge in [0.15, 0.2) is 6.29 Å². The van der Waals surface area contributed by atoms with E-state index >= 15 is 0 Å². The second kappa shape index (κ2) is 12.0. The summed E-state index contributed by atoms with van der Waals surface area (Å²) < 4.78 is 28.1. The Balaban J connectivity index is 1.56. The normalized spacial score (nSPS) is 45.5. The van der Waals surface area contributed by atoms with Gasteiger partial charge >= 0.3 is 11.9 Å². The minimum atomic E-state index is -1.66. The van der Waals surface area contributed by atoms with E-state index < -0.39 is 67.6 Å². The van der Waals surface area contributed by atoms with Gasteiger partial charge in [0.1, 0.15) is 24.4 Å². The van der Waals surface area contributed by atoms with E-state index in [-0.39, 0.29) is 48.9 Å². The maximum atomic E-state index is 13.1. The van der Waals surface area contributed by atoms with Crippen LogP contribution in [-0.4, -0.2) is 100 Å². The van der Waals surface area contributed by atoms with Crippen LogP contribution in [-0.2, 0) is 33.3 Å². The maximum Gasteiger partial charge on any atom is 0.337 e. The second-order valence-corrected chi connectivity index (χ2v) is 10.7. The third kappa shape index (κ3) is 5.62. The number of aliphatic hydroxyl groups excluding tert-OH is 5. The van der Waals surface area contributed by atoms with E-state index in [9.17, 15) is 35.1 Å². The number of fused-ring (bicyclic) bond motifs is 2. The molecule has 1 saturated carbocycles. The highest BCUT2D eigenvalue weighted by atomic mass is 16.8. The lowest BCUT2D eigenvalue weighted by atomic mass is 9.82. The number of aliphatic hydroxyl groups is 5. The van der Waals surface area contributed by atoms with Crippen molar-refractivity contribution in [3.63, 3.8) is 0 Å². The van der Waals surface area contributed by atoms with Crippen molar-refractivity contribution in [3.8, 4) is 0 Å². The summed E-state index contributed by atoms with van der Waals surface area (Å²) >= 11 is 0. The van der Waals surface area contributed by atoms with Gasteiger partial charge in [-0.1, -0.05) is 19.9 Å². The average Bonchev–Trinajstić information content (AvgIpc) is 3.18. The lowest BCUT2D eigenvalue weighted by molar-refractivity contribution is -0.327. The molecule has 214 valence electrons. The Morgan fingerprint density at radius 3 is 2.45 bits per heavy atom. The summed E-state index contributed by atoms with van der Waals surface area (Å²) in [4.78, 5) is 26.1. The zero-order chi connectivity index (χ0) is 27.7. The molecule has 0 aromatic rings. The molecule has 2 saturated heterocycles. The van der Waals surface area contributed by atoms with Crippen LogP contribution < -0.4 is 0 Å². The number of hydrogen-bond acceptors (Lipinski definition) is 12. The molecule has 0 unspecified atom stereocenters. The molecule has 5 N–H and O–H groups in total. The van der Waals surface area contributed by atoms with Crippen molar-refractivity contribution in [2.24, 2.45) is 29.6 Å². The Hall–Kier alpha value is -2.06. The Morgan fingerprint density at radius 1 is 1.03 bits per heavy atom. The number of ether oxygens (including phenoxy) is 5. The fourth-order valence-electron chi connectivity index (χ4n) is 6.08. The summed E-state index contributed by atoms with van der Waals surface area (Å²) in [5.74, 6) is -2.37. The molecule has 0 aromatic heterocycles. The fourth-order valence-corrected chi connectivity index (χ4v) is 6.08. The maximum absolute atomic E-state index is 13.1. The molecule has 4 rings (SSSR count). The van der Waals surface area contributed by atoms with E-state index in [0.29, 0.717) is 12.0 Å². The molecular formula is C26H38O12. The van der Waals surface area contributed by atoms with Crippen molar-refractivity contribution in [2.45, 2.75) is 76.7 Å². The Labute approximate surface area is 220 Å². The van der Waals surface area contributed by atoms with Gasteiger partial charge in [0.25, 0.3) is 0 Å². The molecule has 0 radical (unpaired) electrons. The van der Waals surface area contributed by atoms with Gasteiger partial charge < -0.3 is 49.2 Å². The highest BCUT2D eigenvalue weighted by Crippen LogP contribution is 2.43. The van der Waals surface area contributed by atoms with E-state index in [1.807, 2.05) is 13.8 Å². The molecule has 0 amide bonds. The van der Waals surface area contributed by atoms with Crippen molar-refractivity contribution in [1.29, 1.82) is 0 Å². The molecule has 0 bridgehead atoms. The summed E-state index contributed by atoms with van der Waals surface area (Å²) in [6.07, 6.45) is -6.25. The number of rotatable bonds is 3. The van der Waals surface area contributed by atoms with Crippen molar-refractivity contribution in [2.75, 3.05) is 19.8 Å². The molecule has 0 spiro atoms. The molecule has 38 heavy (non-hydrogen) atoms. The lowest BCUT2D eigenvalue weighted by Gasteiger charge is -2.42. The fraction of sp³-hybridized carbons (Fsp3) is 0.769. The summed E-state index contributed by atoms with van der Waals surface area (Å²) in [6.45, 7) is 5.13. The molecule has 1 aliphatic carbocycles. The van der Waals surface area contributed by atoms with Crippen LogP contribution in [0.2, 0.25) is 0 Å². The van der Waals surface area contributed by atoms with E-state index in [2.05, 4.69) is 0 Å². The summed E-state index contributed by atoms with van der Waals surface area (Å²) in [5.41, 5.74) is 0.439. The number of esters is 2. The minimum absolute atomic E-state index is 0.0672. The number of cyclic esters (lactones) is 2. The van der Waals surface area contributed by atoms with E-state index in [1.54, 1.807) is 13.0 Å². The summed E-state index contributed by atoms with van der Waals surface area (Å²) in [6, 6.07) is 0. The van der Waals surface area contributed by atoms with Crippen LogP contribution in [0.1, 0.15) is 33.6 Å². The first-order valence-electron chi connectivity index (χ1n) is 13.1. The highest BCUT2D eigenvalue weighted by molar-refractivity contribution is 5.91. The van der Waals surface area contributed by atoms with Crippen molar-refractivity contribution < 1.29 is 58.8 Å². The molecule has 4 aliphatic rings. The predicted molar refractivity (Wildman–Crippen MR) is 128 cm³/mol. The van der Waals surface area contributed by atoms with Crippen LogP contribution in [0.25, 0.3) is 0 Å². The van der Waals surface area contributed by atoms with Gasteiger partial charge in [0, 0.05) is 17.4 Å². The zero-order valence-electron chi connectivity index (χ0n) is 21.7. The predicted octanol–water partition coefficient (Wildman–Crippen LogP) is -0.635. The van der Waals surface area contributed by atoms with Gasteiger partial charge in [-0.25, -0.2) is 4.79 Å². The van der Waals surface area contributed by atoms with Crippen molar-refractivity contribution in [3.05, 3.63) is 23.5 Å². The third-order valence-corrected chi connectivity index (χ3v) is 8.27. The van der Waals surface area contributed by atoms with Gasteiger partial charge in [-0.05, 0) is 31.1 Å². The standard InChI is InChI=1S/C26H38O12/c1-4-13-14-6-19(29)34-9-15-11(2)5-17(28)20(15)12(3)8-35-24(33)16(14)10-36-25(13)38-26-23(32)22(31)21(30)18(7-27)37-26/h4,10-12,14-15,17-18,20-23,25-28,30-32H,5-9H2,1-3H3/b13-4+/t11-,12-,14-,15+,17-,18+,20+,21+,22-,23+,25-,26-/m0/s1. The Kier molecular flexibility index (Phi) is 9.13. The van der Waals surface area contributed by atoms with Gasteiger partial charge in [0.05, 0.1) is 44.2 Å². The molecular weight excluding hydrogens is 504 g/mol. The largest absolute Gasteiger partial charge is 0.468 e. The Bertz CT molecular complexity index is 931. The SMILES string of the molecule is C/C=C1/[C@H](O[C@@H]2O[C@H](CO)[C@@H](O)[C@H](O)[C@H]2O)OC=C2C(=O)OC[C@H](C)[C@@H]3[C@H](COC(=O)C[C@H]21)[C@@H](C)C[C@@H]3O. The number of allylic oxidation sites excluding steroid dienone is 1. The highest BCUT2D eigenvalue weighted by Gasteiger charge is 2.48. The number of hydrogen-bond donors (Lipinski definition) is 5. The molecule has 12 atom stereocenters. The van der Waals surface area contributed by atoms with Crippen molar-refractivity contribution >= 4 is 11.9 Å². The van der Waals surface area contributed by atoms with Crippen molar-refractivity contribution in [1.82, 2.24) is 0 Å². The molecule has 3 heterocycles. The van der Waals surface area contributed by atoms with E-state index in [0.717, 1.165) is 6.26 Å². The number of carbonyl (C=O) groups excluding carboxylic acids is 2. The summed E-state index contributed by atoms with van der Waals surface area (Å²) in [5, 5.41) is 50.6. The molecule has 3 aliphatic heterocycles. The lowest BCUT2D eigenvalue weighted by Crippen LogP contribution is -2.60. The van der Waals surface area contributed by atoms with E-state index in [1.165, 1.54) is 0 Å². The second-order valence-electron chi connectivity index (χ2n) is 10.7. The topological polar surface area (TPSA) is 181 Å². The Morgan fingerprint density at radius 2 is 1.76 bits per heavy atom. The van der Waals surface area contributed by atoms with Gasteiger partial charge in [-0.3, -0.25) is 4.79 Å².